The first-order chi connectivity index (χ1) is 6.70. The molecule has 68 valence electrons. The van der Waals surface area contributed by atoms with E-state index in [1.807, 2.05) is 6.07 Å². The highest BCUT2D eigenvalue weighted by Gasteiger charge is 2.04. The molecular formula is C10H4BrFN2. The van der Waals surface area contributed by atoms with E-state index in [4.69, 9.17) is 5.26 Å². The molecule has 0 aliphatic heterocycles. The summed E-state index contributed by atoms with van der Waals surface area (Å²) in [6.45, 7) is 0. The zero-order valence-electron chi connectivity index (χ0n) is 6.96. The third kappa shape index (κ3) is 1.47. The lowest BCUT2D eigenvalue weighted by molar-refractivity contribution is 0.636. The lowest BCUT2D eigenvalue weighted by atomic mass is 10.2. The van der Waals surface area contributed by atoms with Gasteiger partial charge in [0.05, 0.1) is 0 Å². The molecule has 0 fully saturated rings. The number of nitrogens with zero attached hydrogens (tertiary/aromatic N) is 2. The zero-order valence-corrected chi connectivity index (χ0v) is 8.55. The van der Waals surface area contributed by atoms with Crippen LogP contribution in [0.4, 0.5) is 4.39 Å². The van der Waals surface area contributed by atoms with E-state index in [-0.39, 0.29) is 11.2 Å². The Kier molecular flexibility index (Phi) is 2.18. The number of halogens is 2. The van der Waals surface area contributed by atoms with E-state index in [9.17, 15) is 4.39 Å². The average Bonchev–Trinajstić information content (AvgIpc) is 2.17. The van der Waals surface area contributed by atoms with Crippen molar-refractivity contribution in [2.24, 2.45) is 0 Å². The van der Waals surface area contributed by atoms with Crippen LogP contribution in [0.5, 0.6) is 0 Å². The van der Waals surface area contributed by atoms with E-state index < -0.39 is 5.82 Å². The highest BCUT2D eigenvalue weighted by Crippen LogP contribution is 2.21. The number of rotatable bonds is 0. The van der Waals surface area contributed by atoms with Crippen LogP contribution in [0.2, 0.25) is 0 Å². The molecule has 0 unspecified atom stereocenters. The smallest absolute Gasteiger partial charge is 0.150 e. The van der Waals surface area contributed by atoms with Gasteiger partial charge in [-0.1, -0.05) is 15.9 Å². The second-order valence-corrected chi connectivity index (χ2v) is 3.68. The summed E-state index contributed by atoms with van der Waals surface area (Å²) >= 11 is 3.19. The van der Waals surface area contributed by atoms with Crippen LogP contribution in [-0.4, -0.2) is 4.98 Å². The molecule has 0 aliphatic carbocycles. The summed E-state index contributed by atoms with van der Waals surface area (Å²) < 4.78 is 14.0. The molecule has 0 spiro atoms. The quantitative estimate of drug-likeness (QED) is 0.721. The molecule has 2 rings (SSSR count). The summed E-state index contributed by atoms with van der Waals surface area (Å²) in [5, 5.41) is 9.28. The maximum Gasteiger partial charge on any atom is 0.150 e. The van der Waals surface area contributed by atoms with E-state index in [1.54, 1.807) is 18.2 Å². The zero-order chi connectivity index (χ0) is 10.1. The Morgan fingerprint density at radius 1 is 1.36 bits per heavy atom. The van der Waals surface area contributed by atoms with Crippen LogP contribution in [0.25, 0.3) is 10.9 Å². The summed E-state index contributed by atoms with van der Waals surface area (Å²) in [6.07, 6.45) is 0. The Hall–Kier alpha value is -1.47. The molecule has 14 heavy (non-hydrogen) atoms. The third-order valence-corrected chi connectivity index (χ3v) is 2.28. The second kappa shape index (κ2) is 3.35. The van der Waals surface area contributed by atoms with Gasteiger partial charge in [-0.2, -0.15) is 5.26 Å². The highest BCUT2D eigenvalue weighted by atomic mass is 79.9. The topological polar surface area (TPSA) is 36.7 Å². The van der Waals surface area contributed by atoms with Gasteiger partial charge in [-0.05, 0) is 24.3 Å². The van der Waals surface area contributed by atoms with Crippen molar-refractivity contribution in [3.8, 4) is 6.07 Å². The van der Waals surface area contributed by atoms with Gasteiger partial charge in [0.1, 0.15) is 17.3 Å². The van der Waals surface area contributed by atoms with Crippen LogP contribution in [0, 0.1) is 17.1 Å². The normalized spacial score (nSPS) is 10.1. The van der Waals surface area contributed by atoms with Gasteiger partial charge in [-0.3, -0.25) is 0 Å². The summed E-state index contributed by atoms with van der Waals surface area (Å²) in [5.41, 5.74) is 0.450. The first-order valence-corrected chi connectivity index (χ1v) is 4.66. The Labute approximate surface area is 88.1 Å². The maximum absolute atomic E-state index is 13.4. The fourth-order valence-corrected chi connectivity index (χ4v) is 1.67. The molecule has 1 aromatic carbocycles. The van der Waals surface area contributed by atoms with Crippen LogP contribution in [0.3, 0.4) is 0 Å². The van der Waals surface area contributed by atoms with Crippen molar-refractivity contribution in [2.45, 2.75) is 0 Å². The average molecular weight is 251 g/mol. The highest BCUT2D eigenvalue weighted by molar-refractivity contribution is 9.10. The molecule has 4 heteroatoms. The van der Waals surface area contributed by atoms with E-state index in [2.05, 4.69) is 20.9 Å². The summed E-state index contributed by atoms with van der Waals surface area (Å²) in [6, 6.07) is 8.20. The fourth-order valence-electron chi connectivity index (χ4n) is 1.22. The number of aromatic nitrogens is 1. The molecule has 1 aromatic heterocycles. The van der Waals surface area contributed by atoms with Crippen molar-refractivity contribution in [3.63, 3.8) is 0 Å². The van der Waals surface area contributed by atoms with Crippen molar-refractivity contribution in [1.82, 2.24) is 4.98 Å². The molecule has 1 heterocycles. The van der Waals surface area contributed by atoms with Crippen LogP contribution in [0.1, 0.15) is 5.69 Å². The third-order valence-electron chi connectivity index (χ3n) is 1.83. The van der Waals surface area contributed by atoms with Gasteiger partial charge >= 0.3 is 0 Å². The van der Waals surface area contributed by atoms with E-state index >= 15 is 0 Å². The summed E-state index contributed by atoms with van der Waals surface area (Å²) in [5.74, 6) is -0.425. The monoisotopic (exact) mass is 250 g/mol. The van der Waals surface area contributed by atoms with Crippen molar-refractivity contribution in [1.29, 1.82) is 5.26 Å². The van der Waals surface area contributed by atoms with Crippen LogP contribution in [0.15, 0.2) is 28.7 Å². The number of fused-ring (bicyclic) bond motifs is 1. The molecule has 0 bridgehead atoms. The molecule has 0 saturated heterocycles. The summed E-state index contributed by atoms with van der Waals surface area (Å²) in [4.78, 5) is 3.88. The summed E-state index contributed by atoms with van der Waals surface area (Å²) in [7, 11) is 0. The number of nitriles is 1. The molecule has 0 N–H and O–H groups in total. The van der Waals surface area contributed by atoms with Gasteiger partial charge in [0, 0.05) is 9.86 Å². The first kappa shape index (κ1) is 9.10. The minimum absolute atomic E-state index is 0.221. The van der Waals surface area contributed by atoms with Crippen LogP contribution < -0.4 is 0 Å². The Morgan fingerprint density at radius 3 is 2.86 bits per heavy atom. The Bertz CT molecular complexity index is 546. The van der Waals surface area contributed by atoms with Gasteiger partial charge in [0.15, 0.2) is 5.82 Å². The minimum atomic E-state index is -0.425. The number of hydrogen-bond donors (Lipinski definition) is 0. The largest absolute Gasteiger partial charge is 0.234 e. The molecule has 0 radical (unpaired) electrons. The van der Waals surface area contributed by atoms with E-state index in [0.717, 1.165) is 0 Å². The van der Waals surface area contributed by atoms with E-state index in [1.165, 1.54) is 6.07 Å². The predicted molar refractivity (Wildman–Crippen MR) is 54.1 cm³/mol. The lowest BCUT2D eigenvalue weighted by Crippen LogP contribution is -1.88. The molecule has 0 amide bonds. The molecular weight excluding hydrogens is 247 g/mol. The van der Waals surface area contributed by atoms with Gasteiger partial charge < -0.3 is 0 Å². The van der Waals surface area contributed by atoms with Crippen LogP contribution in [-0.2, 0) is 0 Å². The lowest BCUT2D eigenvalue weighted by Gasteiger charge is -1.99. The second-order valence-electron chi connectivity index (χ2n) is 2.77. The molecule has 0 aliphatic rings. The van der Waals surface area contributed by atoms with Crippen LogP contribution >= 0.6 is 15.9 Å². The Balaban J connectivity index is 2.84. The molecule has 2 nitrogen and oxygen atoms in total. The van der Waals surface area contributed by atoms with Crippen molar-refractivity contribution in [2.75, 3.05) is 0 Å². The van der Waals surface area contributed by atoms with Gasteiger partial charge in [0.25, 0.3) is 0 Å². The number of hydrogen-bond acceptors (Lipinski definition) is 2. The standard InChI is InChI=1S/C10H4BrFN2/c11-7-3-6-1-2-8(5-13)14-10(6)9(12)4-7/h1-4H. The predicted octanol–water partition coefficient (Wildman–Crippen LogP) is 3.01. The van der Waals surface area contributed by atoms with Crippen molar-refractivity contribution >= 4 is 26.8 Å². The number of pyridine rings is 1. The molecule has 0 saturated carbocycles. The number of benzene rings is 1. The SMILES string of the molecule is N#Cc1ccc2cc(Br)cc(F)c2n1. The van der Waals surface area contributed by atoms with Crippen molar-refractivity contribution in [3.05, 3.63) is 40.2 Å². The Morgan fingerprint density at radius 2 is 2.14 bits per heavy atom. The van der Waals surface area contributed by atoms with Crippen molar-refractivity contribution < 1.29 is 4.39 Å². The van der Waals surface area contributed by atoms with E-state index in [0.29, 0.717) is 9.86 Å². The fraction of sp³-hybridized carbons (Fsp3) is 0. The molecule has 0 atom stereocenters. The maximum atomic E-state index is 13.4. The van der Waals surface area contributed by atoms with Gasteiger partial charge in [-0.15, -0.1) is 0 Å². The van der Waals surface area contributed by atoms with Gasteiger partial charge in [0.2, 0.25) is 0 Å². The first-order valence-electron chi connectivity index (χ1n) is 3.86. The van der Waals surface area contributed by atoms with Gasteiger partial charge in [-0.25, -0.2) is 9.37 Å². The molecule has 2 aromatic rings. The minimum Gasteiger partial charge on any atom is -0.234 e.